The zero-order valence-electron chi connectivity index (χ0n) is 20.7. The maximum Gasteiger partial charge on any atom is 0.252 e. The summed E-state index contributed by atoms with van der Waals surface area (Å²) in [5.41, 5.74) is 11.2. The molecule has 7 heteroatoms. The number of benzene rings is 3. The average molecular weight is 493 g/mol. The highest BCUT2D eigenvalue weighted by Crippen LogP contribution is 2.35. The van der Waals surface area contributed by atoms with Crippen LogP contribution in [0.3, 0.4) is 0 Å². The van der Waals surface area contributed by atoms with Crippen molar-refractivity contribution in [2.75, 3.05) is 6.61 Å². The molecule has 5 aromatic rings. The number of nitrogens with zero attached hydrogens (tertiary/aromatic N) is 1. The van der Waals surface area contributed by atoms with Crippen LogP contribution in [-0.4, -0.2) is 38.9 Å². The number of hydrogen-bond acceptors (Lipinski definition) is 4. The van der Waals surface area contributed by atoms with Crippen molar-refractivity contribution < 1.29 is 14.6 Å². The van der Waals surface area contributed by atoms with E-state index < -0.39 is 5.91 Å². The lowest BCUT2D eigenvalue weighted by molar-refractivity contribution is 0.0994. The second-order valence-corrected chi connectivity index (χ2v) is 9.34. The van der Waals surface area contributed by atoms with Crippen LogP contribution in [0.1, 0.15) is 52.4 Å². The zero-order chi connectivity index (χ0) is 25.9. The summed E-state index contributed by atoms with van der Waals surface area (Å²) in [6, 6.07) is 17.4. The monoisotopic (exact) mass is 492 g/mol. The number of aliphatic hydroxyl groups is 1. The summed E-state index contributed by atoms with van der Waals surface area (Å²) in [4.78, 5) is 15.8. The van der Waals surface area contributed by atoms with Crippen molar-refractivity contribution >= 4 is 27.7 Å². The SMILES string of the molecule is CC(C)Oc1c(C(N)=O)cc(C#Cc2ccc3[nH]ncc3c2)cc1[C@H](CO)Cc1c[nH]c2ccccc12. The van der Waals surface area contributed by atoms with Crippen LogP contribution in [-0.2, 0) is 6.42 Å². The number of aliphatic hydroxyl groups excluding tert-OH is 1. The third kappa shape index (κ3) is 5.06. The van der Waals surface area contributed by atoms with Gasteiger partial charge in [-0.15, -0.1) is 0 Å². The Kier molecular flexibility index (Phi) is 6.67. The fourth-order valence-electron chi connectivity index (χ4n) is 4.58. The number of amides is 1. The Morgan fingerprint density at radius 1 is 1.08 bits per heavy atom. The number of rotatable bonds is 7. The van der Waals surface area contributed by atoms with Crippen molar-refractivity contribution in [2.24, 2.45) is 5.73 Å². The fourth-order valence-corrected chi connectivity index (χ4v) is 4.58. The van der Waals surface area contributed by atoms with Crippen LogP contribution in [0.2, 0.25) is 0 Å². The standard InChI is InChI=1S/C30H28N4O3/c1-18(2)37-29-25(23(17-35)14-21-15-32-28-6-4-3-5-24(21)28)12-20(13-26(29)30(31)36)8-7-19-9-10-27-22(11-19)16-33-34-27/h3-6,9-13,15-16,18,23,32,35H,14,17H2,1-2H3,(H2,31,36)(H,33,34)/t23-/m0/s1. The first-order valence-corrected chi connectivity index (χ1v) is 12.2. The topological polar surface area (TPSA) is 117 Å². The second kappa shape index (κ2) is 10.2. The summed E-state index contributed by atoms with van der Waals surface area (Å²) in [5.74, 6) is 5.79. The molecule has 0 aliphatic rings. The third-order valence-corrected chi connectivity index (χ3v) is 6.33. The number of para-hydroxylation sites is 1. The maximum absolute atomic E-state index is 12.5. The van der Waals surface area contributed by atoms with Gasteiger partial charge in [0.05, 0.1) is 30.0 Å². The number of nitrogens with one attached hydrogen (secondary N) is 2. The third-order valence-electron chi connectivity index (χ3n) is 6.33. The van der Waals surface area contributed by atoms with Gasteiger partial charge in [-0.25, -0.2) is 0 Å². The first-order valence-electron chi connectivity index (χ1n) is 12.2. The van der Waals surface area contributed by atoms with E-state index in [0.29, 0.717) is 23.3 Å². The van der Waals surface area contributed by atoms with Gasteiger partial charge in [0.25, 0.3) is 5.91 Å². The normalized spacial score (nSPS) is 12.0. The van der Waals surface area contributed by atoms with E-state index >= 15 is 0 Å². The molecule has 37 heavy (non-hydrogen) atoms. The van der Waals surface area contributed by atoms with Crippen LogP contribution in [0.15, 0.2) is 67.0 Å². The Morgan fingerprint density at radius 2 is 1.89 bits per heavy atom. The maximum atomic E-state index is 12.5. The first kappa shape index (κ1) is 24.2. The summed E-state index contributed by atoms with van der Waals surface area (Å²) < 4.78 is 6.11. The van der Waals surface area contributed by atoms with E-state index in [1.54, 1.807) is 12.3 Å². The van der Waals surface area contributed by atoms with Crippen molar-refractivity contribution in [1.82, 2.24) is 15.2 Å². The van der Waals surface area contributed by atoms with E-state index in [0.717, 1.165) is 32.9 Å². The van der Waals surface area contributed by atoms with Crippen LogP contribution in [0, 0.1) is 11.8 Å². The van der Waals surface area contributed by atoms with E-state index in [9.17, 15) is 9.90 Å². The van der Waals surface area contributed by atoms with Gasteiger partial charge in [-0.2, -0.15) is 5.10 Å². The highest BCUT2D eigenvalue weighted by atomic mass is 16.5. The number of fused-ring (bicyclic) bond motifs is 2. The van der Waals surface area contributed by atoms with Gasteiger partial charge in [0.2, 0.25) is 0 Å². The van der Waals surface area contributed by atoms with Crippen LogP contribution in [0.5, 0.6) is 5.75 Å². The molecule has 1 atom stereocenters. The van der Waals surface area contributed by atoms with Crippen molar-refractivity contribution in [2.45, 2.75) is 32.3 Å². The Labute approximate surface area is 214 Å². The molecule has 7 nitrogen and oxygen atoms in total. The molecule has 5 rings (SSSR count). The van der Waals surface area contributed by atoms with Gasteiger partial charge in [-0.1, -0.05) is 30.0 Å². The minimum atomic E-state index is -0.607. The predicted octanol–water partition coefficient (Wildman–Crippen LogP) is 4.65. The molecule has 186 valence electrons. The molecular weight excluding hydrogens is 464 g/mol. The molecule has 5 N–H and O–H groups in total. The molecule has 2 aromatic heterocycles. The Bertz CT molecular complexity index is 1650. The predicted molar refractivity (Wildman–Crippen MR) is 145 cm³/mol. The number of ether oxygens (including phenoxy) is 1. The molecular formula is C30H28N4O3. The number of nitrogens with two attached hydrogens (primary N) is 1. The lowest BCUT2D eigenvalue weighted by atomic mass is 9.88. The quantitative estimate of drug-likeness (QED) is 0.247. The number of aromatic amines is 2. The Morgan fingerprint density at radius 3 is 2.68 bits per heavy atom. The lowest BCUT2D eigenvalue weighted by Gasteiger charge is -2.23. The van der Waals surface area contributed by atoms with E-state index in [1.165, 1.54) is 0 Å². The highest BCUT2D eigenvalue weighted by Gasteiger charge is 2.24. The second-order valence-electron chi connectivity index (χ2n) is 9.34. The minimum Gasteiger partial charge on any atom is -0.490 e. The van der Waals surface area contributed by atoms with Crippen molar-refractivity contribution in [3.63, 3.8) is 0 Å². The van der Waals surface area contributed by atoms with Gasteiger partial charge in [0, 0.05) is 45.1 Å². The largest absolute Gasteiger partial charge is 0.490 e. The van der Waals surface area contributed by atoms with Gasteiger partial charge in [-0.05, 0) is 62.2 Å². The summed E-state index contributed by atoms with van der Waals surface area (Å²) in [6.45, 7) is 3.64. The average Bonchev–Trinajstić information content (AvgIpc) is 3.52. The van der Waals surface area contributed by atoms with Gasteiger partial charge in [-0.3, -0.25) is 9.89 Å². The summed E-state index contributed by atoms with van der Waals surface area (Å²) in [7, 11) is 0. The fraction of sp³-hybridized carbons (Fsp3) is 0.200. The van der Waals surface area contributed by atoms with Crippen molar-refractivity contribution in [3.05, 3.63) is 94.8 Å². The number of carbonyl (C=O) groups is 1. The van der Waals surface area contributed by atoms with E-state index in [2.05, 4.69) is 33.1 Å². The number of hydrogen-bond donors (Lipinski definition) is 4. The molecule has 0 bridgehead atoms. The van der Waals surface area contributed by atoms with Crippen LogP contribution in [0.4, 0.5) is 0 Å². The molecule has 0 spiro atoms. The zero-order valence-corrected chi connectivity index (χ0v) is 20.7. The molecule has 2 heterocycles. The van der Waals surface area contributed by atoms with Crippen molar-refractivity contribution in [1.29, 1.82) is 0 Å². The molecule has 3 aromatic carbocycles. The van der Waals surface area contributed by atoms with Gasteiger partial charge >= 0.3 is 0 Å². The van der Waals surface area contributed by atoms with Gasteiger partial charge in [0.15, 0.2) is 0 Å². The Balaban J connectivity index is 1.59. The van der Waals surface area contributed by atoms with E-state index in [1.807, 2.05) is 62.5 Å². The van der Waals surface area contributed by atoms with Crippen LogP contribution in [0.25, 0.3) is 21.8 Å². The van der Waals surface area contributed by atoms with E-state index in [-0.39, 0.29) is 24.2 Å². The summed E-state index contributed by atoms with van der Waals surface area (Å²) >= 11 is 0. The molecule has 0 saturated carbocycles. The number of H-pyrrole nitrogens is 2. The van der Waals surface area contributed by atoms with Gasteiger partial charge < -0.3 is 20.6 Å². The number of carbonyl (C=O) groups excluding carboxylic acids is 1. The molecule has 0 radical (unpaired) electrons. The summed E-state index contributed by atoms with van der Waals surface area (Å²) in [5, 5.41) is 19.5. The highest BCUT2D eigenvalue weighted by molar-refractivity contribution is 5.96. The molecule has 1 amide bonds. The smallest absolute Gasteiger partial charge is 0.252 e. The first-order chi connectivity index (χ1) is 17.9. The molecule has 0 saturated heterocycles. The molecule has 0 aliphatic heterocycles. The van der Waals surface area contributed by atoms with Crippen LogP contribution >= 0.6 is 0 Å². The molecule has 0 aliphatic carbocycles. The number of aromatic nitrogens is 3. The number of primary amides is 1. The van der Waals surface area contributed by atoms with Gasteiger partial charge in [0.1, 0.15) is 5.75 Å². The van der Waals surface area contributed by atoms with Crippen LogP contribution < -0.4 is 10.5 Å². The summed E-state index contributed by atoms with van der Waals surface area (Å²) in [6.07, 6.45) is 4.06. The Hall–Kier alpha value is -4.54. The van der Waals surface area contributed by atoms with E-state index in [4.69, 9.17) is 10.5 Å². The minimum absolute atomic E-state index is 0.139. The molecule has 0 unspecified atom stereocenters. The molecule has 0 fully saturated rings. The lowest BCUT2D eigenvalue weighted by Crippen LogP contribution is -2.19. The van der Waals surface area contributed by atoms with Crippen molar-refractivity contribution in [3.8, 4) is 17.6 Å².